The molecule has 0 fully saturated rings. The number of aromatic nitrogens is 2. The molecule has 2 aliphatic heterocycles. The number of nitrogens with one attached hydrogen (secondary N) is 1. The molecule has 0 atom stereocenters. The number of imide groups is 1. The molecule has 4 rings (SSSR count). The highest BCUT2D eigenvalue weighted by atomic mass is 16.5. The number of likely N-dealkylation sites (N-methyl/N-ethyl adjacent to an activating group) is 1. The van der Waals surface area contributed by atoms with E-state index in [0.29, 0.717) is 35.7 Å². The molecule has 3 heterocycles. The van der Waals surface area contributed by atoms with Gasteiger partial charge in [0.1, 0.15) is 11.4 Å². The number of methoxy groups -OCH3 is 1. The fourth-order valence-corrected chi connectivity index (χ4v) is 3.62. The van der Waals surface area contributed by atoms with Gasteiger partial charge in [0, 0.05) is 24.7 Å². The average Bonchev–Trinajstić information content (AvgIpc) is 2.99. The second-order valence-corrected chi connectivity index (χ2v) is 7.10. The van der Waals surface area contributed by atoms with Gasteiger partial charge in [-0.15, -0.1) is 10.2 Å². The zero-order valence-electron chi connectivity index (χ0n) is 16.7. The summed E-state index contributed by atoms with van der Waals surface area (Å²) in [4.78, 5) is 39.8. The molecule has 0 spiro atoms. The smallest absolute Gasteiger partial charge is 0.277 e. The Morgan fingerprint density at radius 2 is 1.87 bits per heavy atom. The molecule has 1 N–H and O–H groups in total. The largest absolute Gasteiger partial charge is 0.497 e. The van der Waals surface area contributed by atoms with E-state index in [0.717, 1.165) is 22.6 Å². The van der Waals surface area contributed by atoms with Crippen LogP contribution >= 0.6 is 0 Å². The summed E-state index contributed by atoms with van der Waals surface area (Å²) < 4.78 is 5.14. The summed E-state index contributed by atoms with van der Waals surface area (Å²) in [5.41, 5.74) is 2.37. The van der Waals surface area contributed by atoms with E-state index in [1.165, 1.54) is 7.05 Å². The van der Waals surface area contributed by atoms with Gasteiger partial charge in [-0.3, -0.25) is 19.3 Å². The number of amides is 3. The van der Waals surface area contributed by atoms with Crippen molar-refractivity contribution >= 4 is 23.5 Å². The maximum absolute atomic E-state index is 12.5. The van der Waals surface area contributed by atoms with Crippen LogP contribution in [0, 0.1) is 0 Å². The summed E-state index contributed by atoms with van der Waals surface area (Å²) in [5, 5.41) is 10.9. The molecule has 3 amide bonds. The molecule has 9 nitrogen and oxygen atoms in total. The van der Waals surface area contributed by atoms with Gasteiger partial charge in [-0.25, -0.2) is 0 Å². The summed E-state index contributed by atoms with van der Waals surface area (Å²) in [6.07, 6.45) is 1.27. The zero-order valence-corrected chi connectivity index (χ0v) is 16.7. The lowest BCUT2D eigenvalue weighted by Gasteiger charge is -2.28. The molecule has 0 aliphatic carbocycles. The maximum Gasteiger partial charge on any atom is 0.277 e. The summed E-state index contributed by atoms with van der Waals surface area (Å²) in [6.45, 7) is 0.509. The van der Waals surface area contributed by atoms with Crippen LogP contribution in [-0.2, 0) is 14.4 Å². The minimum absolute atomic E-state index is 0.0341. The summed E-state index contributed by atoms with van der Waals surface area (Å²) in [5.74, 6) is 0.103. The minimum atomic E-state index is -0.355. The number of carbonyl (C=O) groups excluding carboxylic acids is 3. The molecule has 0 unspecified atom stereocenters. The third-order valence-electron chi connectivity index (χ3n) is 5.18. The van der Waals surface area contributed by atoms with Crippen molar-refractivity contribution in [2.75, 3.05) is 32.6 Å². The number of carbonyl (C=O) groups is 3. The third-order valence-corrected chi connectivity index (χ3v) is 5.18. The number of nitrogens with zero attached hydrogens (tertiary/aromatic N) is 4. The number of hydrogen-bond donors (Lipinski definition) is 1. The third kappa shape index (κ3) is 3.61. The molecule has 0 saturated carbocycles. The first-order valence-corrected chi connectivity index (χ1v) is 9.56. The molecular weight excluding hydrogens is 386 g/mol. The predicted molar refractivity (Wildman–Crippen MR) is 108 cm³/mol. The summed E-state index contributed by atoms with van der Waals surface area (Å²) in [6, 6.07) is 10.9. The predicted octanol–water partition coefficient (Wildman–Crippen LogP) is 1.44. The zero-order chi connectivity index (χ0) is 21.3. The van der Waals surface area contributed by atoms with Gasteiger partial charge >= 0.3 is 0 Å². The molecular formula is C21H21N5O4. The standard InChI is InChI=1S/C21H21N5O4/c1-25-20(28)15-4-3-11-26(19(15)21(25)29)12-18(27)22-17-10-9-16(23-24-17)13-5-7-14(30-2)8-6-13/h5-10H,3-4,11-12H2,1-2H3,(H,22,24,27). The number of benzene rings is 1. The lowest BCUT2D eigenvalue weighted by atomic mass is 10.0. The monoisotopic (exact) mass is 407 g/mol. The SMILES string of the molecule is COc1ccc(-c2ccc(NC(=O)CN3CCCC4=C3C(=O)N(C)C4=O)nn2)cc1. The Balaban J connectivity index is 1.42. The van der Waals surface area contributed by atoms with Gasteiger partial charge in [0.2, 0.25) is 5.91 Å². The lowest BCUT2D eigenvalue weighted by molar-refractivity contribution is -0.136. The quantitative estimate of drug-likeness (QED) is 0.748. The number of hydrogen-bond acceptors (Lipinski definition) is 7. The Labute approximate surface area is 173 Å². The van der Waals surface area contributed by atoms with Crippen molar-refractivity contribution < 1.29 is 19.1 Å². The molecule has 0 radical (unpaired) electrons. The second-order valence-electron chi connectivity index (χ2n) is 7.10. The van der Waals surface area contributed by atoms with Gasteiger partial charge in [0.25, 0.3) is 11.8 Å². The van der Waals surface area contributed by atoms with Crippen LogP contribution in [0.25, 0.3) is 11.3 Å². The normalized spacial score (nSPS) is 16.1. The maximum atomic E-state index is 12.5. The molecule has 9 heteroatoms. The van der Waals surface area contributed by atoms with E-state index in [1.807, 2.05) is 24.3 Å². The van der Waals surface area contributed by atoms with E-state index < -0.39 is 0 Å². The van der Waals surface area contributed by atoms with Crippen molar-refractivity contribution in [1.29, 1.82) is 0 Å². The molecule has 154 valence electrons. The van der Waals surface area contributed by atoms with Gasteiger partial charge in [-0.2, -0.15) is 0 Å². The van der Waals surface area contributed by atoms with Crippen molar-refractivity contribution in [2.24, 2.45) is 0 Å². The molecule has 2 aromatic rings. The number of anilines is 1. The Kier molecular flexibility index (Phi) is 5.18. The van der Waals surface area contributed by atoms with Crippen LogP contribution in [0.5, 0.6) is 5.75 Å². The Morgan fingerprint density at radius 1 is 1.10 bits per heavy atom. The fraction of sp³-hybridized carbons (Fsp3) is 0.286. The Bertz CT molecular complexity index is 1030. The number of ether oxygens (including phenoxy) is 1. The average molecular weight is 407 g/mol. The molecule has 0 bridgehead atoms. The summed E-state index contributed by atoms with van der Waals surface area (Å²) >= 11 is 0. The van der Waals surface area contributed by atoms with Crippen LogP contribution in [0.2, 0.25) is 0 Å². The van der Waals surface area contributed by atoms with Gasteiger partial charge < -0.3 is 15.0 Å². The van der Waals surface area contributed by atoms with Gasteiger partial charge in [0.05, 0.1) is 19.3 Å². The van der Waals surface area contributed by atoms with Gasteiger partial charge in [-0.05, 0) is 49.2 Å². The van der Waals surface area contributed by atoms with Crippen molar-refractivity contribution in [3.8, 4) is 17.0 Å². The van der Waals surface area contributed by atoms with Crippen LogP contribution < -0.4 is 10.1 Å². The van der Waals surface area contributed by atoms with Crippen LogP contribution in [0.15, 0.2) is 47.7 Å². The van der Waals surface area contributed by atoms with E-state index in [9.17, 15) is 14.4 Å². The highest BCUT2D eigenvalue weighted by Crippen LogP contribution is 2.30. The first-order valence-electron chi connectivity index (χ1n) is 9.56. The molecule has 2 aliphatic rings. The summed E-state index contributed by atoms with van der Waals surface area (Å²) in [7, 11) is 3.06. The molecule has 0 saturated heterocycles. The van der Waals surface area contributed by atoms with E-state index in [-0.39, 0.29) is 24.3 Å². The van der Waals surface area contributed by atoms with Gasteiger partial charge in [-0.1, -0.05) is 0 Å². The van der Waals surface area contributed by atoms with Gasteiger partial charge in [0.15, 0.2) is 5.82 Å². The first-order chi connectivity index (χ1) is 14.5. The number of rotatable bonds is 5. The van der Waals surface area contributed by atoms with Crippen LogP contribution in [0.4, 0.5) is 5.82 Å². The van der Waals surface area contributed by atoms with Crippen molar-refractivity contribution in [3.63, 3.8) is 0 Å². The fourth-order valence-electron chi connectivity index (χ4n) is 3.62. The van der Waals surface area contributed by atoms with Crippen LogP contribution in [0.1, 0.15) is 12.8 Å². The molecule has 1 aromatic carbocycles. The van der Waals surface area contributed by atoms with Crippen molar-refractivity contribution in [1.82, 2.24) is 20.0 Å². The lowest BCUT2D eigenvalue weighted by Crippen LogP contribution is -2.38. The molecule has 1 aromatic heterocycles. The highest BCUT2D eigenvalue weighted by molar-refractivity contribution is 6.19. The molecule has 30 heavy (non-hydrogen) atoms. The first kappa shape index (κ1) is 19.6. The van der Waals surface area contributed by atoms with E-state index in [1.54, 1.807) is 24.1 Å². The van der Waals surface area contributed by atoms with E-state index in [2.05, 4.69) is 15.5 Å². The Hall–Kier alpha value is -3.75. The van der Waals surface area contributed by atoms with E-state index >= 15 is 0 Å². The Morgan fingerprint density at radius 3 is 2.53 bits per heavy atom. The second kappa shape index (κ2) is 7.94. The van der Waals surface area contributed by atoms with E-state index in [4.69, 9.17) is 4.74 Å². The minimum Gasteiger partial charge on any atom is -0.497 e. The van der Waals surface area contributed by atoms with Crippen molar-refractivity contribution in [2.45, 2.75) is 12.8 Å². The van der Waals surface area contributed by atoms with Crippen molar-refractivity contribution in [3.05, 3.63) is 47.7 Å². The topological polar surface area (TPSA) is 105 Å². The van der Waals surface area contributed by atoms with Crippen LogP contribution in [-0.4, -0.2) is 65.0 Å². The highest BCUT2D eigenvalue weighted by Gasteiger charge is 2.40. The van der Waals surface area contributed by atoms with Crippen LogP contribution in [0.3, 0.4) is 0 Å².